The lowest BCUT2D eigenvalue weighted by molar-refractivity contribution is -0.126. The number of oxime groups is 1. The molecule has 1 amide bonds. The Labute approximate surface area is 134 Å². The van der Waals surface area contributed by atoms with Crippen LogP contribution in [0.3, 0.4) is 0 Å². The van der Waals surface area contributed by atoms with Crippen molar-refractivity contribution in [1.82, 2.24) is 0 Å². The maximum Gasteiger partial charge on any atom is 0.267 e. The van der Waals surface area contributed by atoms with Crippen LogP contribution in [0.15, 0.2) is 53.7 Å². The summed E-state index contributed by atoms with van der Waals surface area (Å²) in [6.07, 6.45) is 0.887. The van der Waals surface area contributed by atoms with Crippen LogP contribution in [0.5, 0.6) is 0 Å². The highest BCUT2D eigenvalue weighted by Gasteiger charge is 2.14. The molecule has 0 spiro atoms. The minimum absolute atomic E-state index is 0.288. The van der Waals surface area contributed by atoms with Gasteiger partial charge in [0.05, 0.1) is 6.21 Å². The molecule has 0 aliphatic rings. The van der Waals surface area contributed by atoms with Gasteiger partial charge in [-0.3, -0.25) is 4.79 Å². The molecule has 114 valence electrons. The van der Waals surface area contributed by atoms with E-state index in [2.05, 4.69) is 10.5 Å². The SMILES string of the molecule is Cc1ccccc1/C=N\O[C@@H](C)C(=O)Nc1cccc(Cl)c1. The summed E-state index contributed by atoms with van der Waals surface area (Å²) in [5, 5.41) is 7.15. The van der Waals surface area contributed by atoms with Gasteiger partial charge in [0.1, 0.15) is 0 Å². The summed E-state index contributed by atoms with van der Waals surface area (Å²) < 4.78 is 0. The molecule has 0 saturated carbocycles. The number of anilines is 1. The van der Waals surface area contributed by atoms with E-state index in [0.29, 0.717) is 10.7 Å². The minimum atomic E-state index is -0.709. The van der Waals surface area contributed by atoms with Crippen molar-refractivity contribution in [2.45, 2.75) is 20.0 Å². The third-order valence-electron chi connectivity index (χ3n) is 3.06. The van der Waals surface area contributed by atoms with Crippen LogP contribution >= 0.6 is 11.6 Å². The fourth-order valence-corrected chi connectivity index (χ4v) is 1.96. The fraction of sp³-hybridized carbons (Fsp3) is 0.176. The van der Waals surface area contributed by atoms with Crippen LogP contribution in [-0.2, 0) is 9.63 Å². The Morgan fingerprint density at radius 1 is 1.27 bits per heavy atom. The molecule has 4 nitrogen and oxygen atoms in total. The predicted molar refractivity (Wildman–Crippen MR) is 89.4 cm³/mol. The van der Waals surface area contributed by atoms with Gasteiger partial charge in [-0.1, -0.05) is 47.1 Å². The standard InChI is InChI=1S/C17H17ClN2O2/c1-12-6-3-4-7-14(12)11-19-22-13(2)17(21)20-16-9-5-8-15(18)10-16/h3-11,13H,1-2H3,(H,20,21)/b19-11-/t13-/m0/s1. The molecule has 0 saturated heterocycles. The average Bonchev–Trinajstić information content (AvgIpc) is 2.49. The van der Waals surface area contributed by atoms with E-state index in [1.54, 1.807) is 37.4 Å². The summed E-state index contributed by atoms with van der Waals surface area (Å²) in [5.41, 5.74) is 2.66. The van der Waals surface area contributed by atoms with E-state index >= 15 is 0 Å². The first kappa shape index (κ1) is 16.0. The second-order valence-electron chi connectivity index (χ2n) is 4.84. The number of nitrogens with zero attached hydrogens (tertiary/aromatic N) is 1. The number of benzene rings is 2. The van der Waals surface area contributed by atoms with E-state index in [1.807, 2.05) is 31.2 Å². The number of amides is 1. The zero-order valence-electron chi connectivity index (χ0n) is 12.4. The quantitative estimate of drug-likeness (QED) is 0.669. The number of rotatable bonds is 5. The van der Waals surface area contributed by atoms with Crippen LogP contribution in [0.25, 0.3) is 0 Å². The molecule has 0 radical (unpaired) electrons. The molecule has 0 fully saturated rings. The van der Waals surface area contributed by atoms with Gasteiger partial charge in [-0.05, 0) is 43.2 Å². The van der Waals surface area contributed by atoms with Gasteiger partial charge in [-0.25, -0.2) is 0 Å². The van der Waals surface area contributed by atoms with Crippen LogP contribution in [0.2, 0.25) is 5.02 Å². The van der Waals surface area contributed by atoms with Gasteiger partial charge in [0.25, 0.3) is 5.91 Å². The van der Waals surface area contributed by atoms with E-state index < -0.39 is 6.10 Å². The van der Waals surface area contributed by atoms with Gasteiger partial charge in [0.2, 0.25) is 6.10 Å². The van der Waals surface area contributed by atoms with Crippen LogP contribution in [-0.4, -0.2) is 18.2 Å². The number of carbonyl (C=O) groups is 1. The molecule has 2 aromatic rings. The zero-order valence-corrected chi connectivity index (χ0v) is 13.2. The summed E-state index contributed by atoms with van der Waals surface area (Å²) in [7, 11) is 0. The molecular formula is C17H17ClN2O2. The Bertz CT molecular complexity index is 686. The molecule has 0 unspecified atom stereocenters. The summed E-state index contributed by atoms with van der Waals surface area (Å²) >= 11 is 5.87. The second-order valence-corrected chi connectivity index (χ2v) is 5.27. The molecule has 2 aromatic carbocycles. The monoisotopic (exact) mass is 316 g/mol. The van der Waals surface area contributed by atoms with E-state index in [-0.39, 0.29) is 5.91 Å². The van der Waals surface area contributed by atoms with Crippen molar-refractivity contribution in [3.63, 3.8) is 0 Å². The van der Waals surface area contributed by atoms with Crippen molar-refractivity contribution in [1.29, 1.82) is 0 Å². The lowest BCUT2D eigenvalue weighted by atomic mass is 10.1. The van der Waals surface area contributed by atoms with Crippen LogP contribution in [0.1, 0.15) is 18.1 Å². The van der Waals surface area contributed by atoms with Crippen molar-refractivity contribution in [2.24, 2.45) is 5.16 Å². The highest BCUT2D eigenvalue weighted by Crippen LogP contribution is 2.15. The molecule has 1 atom stereocenters. The summed E-state index contributed by atoms with van der Waals surface area (Å²) in [4.78, 5) is 17.2. The van der Waals surface area contributed by atoms with E-state index in [4.69, 9.17) is 16.4 Å². The highest BCUT2D eigenvalue weighted by atomic mass is 35.5. The van der Waals surface area contributed by atoms with Crippen molar-refractivity contribution >= 4 is 29.4 Å². The summed E-state index contributed by atoms with van der Waals surface area (Å²) in [6.45, 7) is 3.62. The molecule has 0 heterocycles. The topological polar surface area (TPSA) is 50.7 Å². The van der Waals surface area contributed by atoms with Crippen LogP contribution in [0, 0.1) is 6.92 Å². The number of hydrogen-bond acceptors (Lipinski definition) is 3. The Kier molecular flexibility index (Phi) is 5.55. The largest absolute Gasteiger partial charge is 0.383 e. The smallest absolute Gasteiger partial charge is 0.267 e. The molecule has 1 N–H and O–H groups in total. The maximum atomic E-state index is 12.0. The van der Waals surface area contributed by atoms with Crippen molar-refractivity contribution in [2.75, 3.05) is 5.32 Å². The number of nitrogens with one attached hydrogen (secondary N) is 1. The van der Waals surface area contributed by atoms with Gasteiger partial charge in [0.15, 0.2) is 0 Å². The number of hydrogen-bond donors (Lipinski definition) is 1. The fourth-order valence-electron chi connectivity index (χ4n) is 1.77. The lowest BCUT2D eigenvalue weighted by Gasteiger charge is -2.10. The molecule has 0 aliphatic heterocycles. The Balaban J connectivity index is 1.90. The Hall–Kier alpha value is -2.33. The molecule has 0 aromatic heterocycles. The highest BCUT2D eigenvalue weighted by molar-refractivity contribution is 6.30. The molecule has 22 heavy (non-hydrogen) atoms. The van der Waals surface area contributed by atoms with Crippen LogP contribution in [0.4, 0.5) is 5.69 Å². The normalized spacial score (nSPS) is 12.1. The number of carbonyl (C=O) groups excluding carboxylic acids is 1. The molecular weight excluding hydrogens is 300 g/mol. The van der Waals surface area contributed by atoms with E-state index in [9.17, 15) is 4.79 Å². The summed E-state index contributed by atoms with van der Waals surface area (Å²) in [6, 6.07) is 14.7. The number of halogens is 1. The van der Waals surface area contributed by atoms with Gasteiger partial charge >= 0.3 is 0 Å². The second kappa shape index (κ2) is 7.61. The minimum Gasteiger partial charge on any atom is -0.383 e. The van der Waals surface area contributed by atoms with Crippen LogP contribution < -0.4 is 5.32 Å². The van der Waals surface area contributed by atoms with E-state index in [1.165, 1.54) is 0 Å². The predicted octanol–water partition coefficient (Wildman–Crippen LogP) is 4.03. The van der Waals surface area contributed by atoms with Crippen molar-refractivity contribution in [3.05, 3.63) is 64.7 Å². The van der Waals surface area contributed by atoms with Gasteiger partial charge in [0, 0.05) is 10.7 Å². The van der Waals surface area contributed by atoms with E-state index in [0.717, 1.165) is 11.1 Å². The van der Waals surface area contributed by atoms with Crippen molar-refractivity contribution < 1.29 is 9.63 Å². The Morgan fingerprint density at radius 3 is 2.77 bits per heavy atom. The maximum absolute atomic E-state index is 12.0. The molecule has 5 heteroatoms. The third kappa shape index (κ3) is 4.60. The third-order valence-corrected chi connectivity index (χ3v) is 3.30. The van der Waals surface area contributed by atoms with Crippen molar-refractivity contribution in [3.8, 4) is 0 Å². The molecule has 2 rings (SSSR count). The van der Waals surface area contributed by atoms with Gasteiger partial charge in [-0.2, -0.15) is 0 Å². The first-order valence-electron chi connectivity index (χ1n) is 6.87. The summed E-state index contributed by atoms with van der Waals surface area (Å²) in [5.74, 6) is -0.288. The first-order chi connectivity index (χ1) is 10.6. The van der Waals surface area contributed by atoms with Gasteiger partial charge in [-0.15, -0.1) is 0 Å². The lowest BCUT2D eigenvalue weighted by Crippen LogP contribution is -2.26. The Morgan fingerprint density at radius 2 is 2.05 bits per heavy atom. The number of aryl methyl sites for hydroxylation is 1. The zero-order chi connectivity index (χ0) is 15.9. The first-order valence-corrected chi connectivity index (χ1v) is 7.25. The van der Waals surface area contributed by atoms with Gasteiger partial charge < -0.3 is 10.2 Å². The average molecular weight is 317 g/mol. The molecule has 0 aliphatic carbocycles. The molecule has 0 bridgehead atoms.